The van der Waals surface area contributed by atoms with Crippen molar-refractivity contribution in [1.82, 2.24) is 15.1 Å². The summed E-state index contributed by atoms with van der Waals surface area (Å²) in [5.41, 5.74) is 0.816. The maximum absolute atomic E-state index is 11.6. The van der Waals surface area contributed by atoms with Gasteiger partial charge in [0, 0.05) is 31.4 Å². The quantitative estimate of drug-likeness (QED) is 0.749. The first-order valence-electron chi connectivity index (χ1n) is 6.07. The van der Waals surface area contributed by atoms with Crippen molar-refractivity contribution in [2.75, 3.05) is 6.54 Å². The van der Waals surface area contributed by atoms with Crippen LogP contribution in [0, 0.1) is 11.8 Å². The first-order chi connectivity index (χ1) is 8.90. The summed E-state index contributed by atoms with van der Waals surface area (Å²) in [4.78, 5) is 22.5. The normalized spacial score (nSPS) is 12.8. The van der Waals surface area contributed by atoms with Gasteiger partial charge in [0.05, 0.1) is 12.1 Å². The van der Waals surface area contributed by atoms with E-state index in [2.05, 4.69) is 10.4 Å². The lowest BCUT2D eigenvalue weighted by Crippen LogP contribution is -2.34. The molecule has 0 bridgehead atoms. The van der Waals surface area contributed by atoms with Gasteiger partial charge in [0.25, 0.3) is 0 Å². The minimum absolute atomic E-state index is 0.0277. The van der Waals surface area contributed by atoms with E-state index >= 15 is 0 Å². The van der Waals surface area contributed by atoms with Gasteiger partial charge in [0.1, 0.15) is 0 Å². The molecule has 1 atom stereocenters. The van der Waals surface area contributed by atoms with E-state index in [1.54, 1.807) is 30.2 Å². The van der Waals surface area contributed by atoms with Gasteiger partial charge in [-0.3, -0.25) is 14.3 Å². The van der Waals surface area contributed by atoms with Crippen molar-refractivity contribution in [3.63, 3.8) is 0 Å². The predicted octanol–water partition coefficient (Wildman–Crippen LogP) is 0.906. The number of aromatic nitrogens is 2. The molecular weight excluding hydrogens is 246 g/mol. The molecule has 0 aliphatic carbocycles. The Morgan fingerprint density at radius 2 is 2.21 bits per heavy atom. The highest BCUT2D eigenvalue weighted by Crippen LogP contribution is 2.09. The number of hydrogen-bond acceptors (Lipinski definition) is 3. The highest BCUT2D eigenvalue weighted by atomic mass is 16.4. The summed E-state index contributed by atoms with van der Waals surface area (Å²) in [5, 5.41) is 15.5. The number of rotatable bonds is 6. The monoisotopic (exact) mass is 265 g/mol. The van der Waals surface area contributed by atoms with E-state index in [1.807, 2.05) is 13.8 Å². The van der Waals surface area contributed by atoms with Crippen molar-refractivity contribution in [2.45, 2.75) is 13.8 Å². The third kappa shape index (κ3) is 4.95. The smallest absolute Gasteiger partial charge is 0.308 e. The van der Waals surface area contributed by atoms with Gasteiger partial charge in [-0.2, -0.15) is 5.10 Å². The van der Waals surface area contributed by atoms with E-state index in [1.165, 1.54) is 6.08 Å². The number of aliphatic carboxylic acids is 1. The van der Waals surface area contributed by atoms with Crippen LogP contribution in [-0.4, -0.2) is 33.3 Å². The molecular formula is C13H19N3O3. The van der Waals surface area contributed by atoms with Crippen molar-refractivity contribution in [2.24, 2.45) is 18.9 Å². The van der Waals surface area contributed by atoms with Gasteiger partial charge >= 0.3 is 5.97 Å². The van der Waals surface area contributed by atoms with E-state index in [9.17, 15) is 9.59 Å². The van der Waals surface area contributed by atoms with Crippen LogP contribution < -0.4 is 5.32 Å². The third-order valence-electron chi connectivity index (χ3n) is 2.77. The highest BCUT2D eigenvalue weighted by Gasteiger charge is 2.21. The van der Waals surface area contributed by atoms with Gasteiger partial charge in [-0.05, 0) is 12.0 Å². The molecule has 1 aromatic heterocycles. The maximum atomic E-state index is 11.6. The molecule has 0 saturated carbocycles. The fourth-order valence-electron chi connectivity index (χ4n) is 1.58. The minimum atomic E-state index is -0.897. The Bertz CT molecular complexity index is 477. The molecule has 2 N–H and O–H groups in total. The second kappa shape index (κ2) is 6.72. The SMILES string of the molecule is CC(C)C(CNC(=O)C=Cc1cnn(C)c1)C(=O)O. The zero-order valence-electron chi connectivity index (χ0n) is 11.3. The molecule has 1 heterocycles. The Morgan fingerprint density at radius 3 is 2.68 bits per heavy atom. The molecule has 1 rings (SSSR count). The summed E-state index contributed by atoms with van der Waals surface area (Å²) in [6.07, 6.45) is 6.42. The topological polar surface area (TPSA) is 84.2 Å². The summed E-state index contributed by atoms with van der Waals surface area (Å²) in [7, 11) is 1.79. The van der Waals surface area contributed by atoms with Gasteiger partial charge in [-0.15, -0.1) is 0 Å². The Labute approximate surface area is 112 Å². The number of carbonyl (C=O) groups is 2. The summed E-state index contributed by atoms with van der Waals surface area (Å²) >= 11 is 0. The Hall–Kier alpha value is -2.11. The van der Waals surface area contributed by atoms with Crippen LogP contribution in [0.15, 0.2) is 18.5 Å². The van der Waals surface area contributed by atoms with Crippen LogP contribution >= 0.6 is 0 Å². The van der Waals surface area contributed by atoms with E-state index in [-0.39, 0.29) is 18.4 Å². The van der Waals surface area contributed by atoms with Crippen molar-refractivity contribution >= 4 is 18.0 Å². The largest absolute Gasteiger partial charge is 0.481 e. The molecule has 6 heteroatoms. The first-order valence-corrected chi connectivity index (χ1v) is 6.07. The van der Waals surface area contributed by atoms with Crippen molar-refractivity contribution < 1.29 is 14.7 Å². The number of hydrogen-bond donors (Lipinski definition) is 2. The zero-order chi connectivity index (χ0) is 14.4. The molecule has 0 aliphatic heterocycles. The summed E-state index contributed by atoms with van der Waals surface area (Å²) < 4.78 is 1.64. The van der Waals surface area contributed by atoms with Crippen molar-refractivity contribution in [3.05, 3.63) is 24.0 Å². The van der Waals surface area contributed by atoms with Crippen LogP contribution in [0.5, 0.6) is 0 Å². The zero-order valence-corrected chi connectivity index (χ0v) is 11.3. The lowest BCUT2D eigenvalue weighted by atomic mass is 9.96. The first kappa shape index (κ1) is 14.9. The van der Waals surface area contributed by atoms with Crippen LogP contribution in [0.2, 0.25) is 0 Å². The summed E-state index contributed by atoms with van der Waals surface area (Å²) in [5.74, 6) is -1.81. The van der Waals surface area contributed by atoms with Crippen molar-refractivity contribution in [1.29, 1.82) is 0 Å². The molecule has 0 aliphatic rings. The number of carboxylic acids is 1. The van der Waals surface area contributed by atoms with Gasteiger partial charge in [-0.25, -0.2) is 0 Å². The molecule has 19 heavy (non-hydrogen) atoms. The Balaban J connectivity index is 2.47. The molecule has 104 valence electrons. The fraction of sp³-hybridized carbons (Fsp3) is 0.462. The molecule has 0 fully saturated rings. The molecule has 6 nitrogen and oxygen atoms in total. The van der Waals surface area contributed by atoms with Gasteiger partial charge in [0.15, 0.2) is 0 Å². The summed E-state index contributed by atoms with van der Waals surface area (Å²) in [6, 6.07) is 0. The van der Waals surface area contributed by atoms with Gasteiger partial charge in [0.2, 0.25) is 5.91 Å². The van der Waals surface area contributed by atoms with Crippen LogP contribution in [0.25, 0.3) is 6.08 Å². The molecule has 0 spiro atoms. The van der Waals surface area contributed by atoms with E-state index in [0.29, 0.717) is 0 Å². The van der Waals surface area contributed by atoms with E-state index in [0.717, 1.165) is 5.56 Å². The molecule has 1 aromatic rings. The van der Waals surface area contributed by atoms with Gasteiger partial charge in [-0.1, -0.05) is 13.8 Å². The number of nitrogens with zero attached hydrogens (tertiary/aromatic N) is 2. The number of aryl methyl sites for hydroxylation is 1. The van der Waals surface area contributed by atoms with Crippen LogP contribution in [0.1, 0.15) is 19.4 Å². The van der Waals surface area contributed by atoms with E-state index < -0.39 is 11.9 Å². The fourth-order valence-corrected chi connectivity index (χ4v) is 1.58. The average molecular weight is 265 g/mol. The number of carbonyl (C=O) groups excluding carboxylic acids is 1. The number of amides is 1. The highest BCUT2D eigenvalue weighted by molar-refractivity contribution is 5.91. The Kier molecular flexibility index (Phi) is 5.29. The van der Waals surface area contributed by atoms with Crippen molar-refractivity contribution in [3.8, 4) is 0 Å². The number of nitrogens with one attached hydrogen (secondary N) is 1. The lowest BCUT2D eigenvalue weighted by molar-refractivity contribution is -0.143. The minimum Gasteiger partial charge on any atom is -0.481 e. The van der Waals surface area contributed by atoms with Crippen LogP contribution in [-0.2, 0) is 16.6 Å². The third-order valence-corrected chi connectivity index (χ3v) is 2.77. The molecule has 1 unspecified atom stereocenters. The lowest BCUT2D eigenvalue weighted by Gasteiger charge is -2.15. The van der Waals surface area contributed by atoms with Gasteiger partial charge < -0.3 is 10.4 Å². The molecule has 1 amide bonds. The van der Waals surface area contributed by atoms with Crippen LogP contribution in [0.3, 0.4) is 0 Å². The predicted molar refractivity (Wildman–Crippen MR) is 71.2 cm³/mol. The average Bonchev–Trinajstić information content (AvgIpc) is 2.71. The molecule has 0 aromatic carbocycles. The van der Waals surface area contributed by atoms with E-state index in [4.69, 9.17) is 5.11 Å². The Morgan fingerprint density at radius 1 is 1.53 bits per heavy atom. The molecule has 0 saturated heterocycles. The number of carboxylic acid groups (broad SMARTS) is 1. The van der Waals surface area contributed by atoms with Crippen LogP contribution in [0.4, 0.5) is 0 Å². The second-order valence-corrected chi connectivity index (χ2v) is 4.71. The standard InChI is InChI=1S/C13H19N3O3/c1-9(2)11(13(18)19)7-14-12(17)5-4-10-6-15-16(3)8-10/h4-6,8-9,11H,7H2,1-3H3,(H,14,17)(H,18,19). The summed E-state index contributed by atoms with van der Waals surface area (Å²) in [6.45, 7) is 3.76. The second-order valence-electron chi connectivity index (χ2n) is 4.71. The molecule has 0 radical (unpaired) electrons. The maximum Gasteiger partial charge on any atom is 0.308 e.